The molecule has 0 aliphatic carbocycles. The summed E-state index contributed by atoms with van der Waals surface area (Å²) in [4.78, 5) is 15.1. The van der Waals surface area contributed by atoms with Crippen molar-refractivity contribution in [2.75, 3.05) is 46.4 Å². The van der Waals surface area contributed by atoms with E-state index < -0.39 is 10.0 Å². The molecule has 3 heterocycles. The number of hydrogen-bond acceptors (Lipinski definition) is 5. The molecule has 2 atom stereocenters. The van der Waals surface area contributed by atoms with Crippen molar-refractivity contribution in [2.24, 2.45) is 17.8 Å². The van der Waals surface area contributed by atoms with E-state index in [2.05, 4.69) is 5.32 Å². The van der Waals surface area contributed by atoms with Gasteiger partial charge in [-0.1, -0.05) is 0 Å². The van der Waals surface area contributed by atoms with E-state index in [0.29, 0.717) is 43.5 Å². The molecule has 0 spiro atoms. The summed E-state index contributed by atoms with van der Waals surface area (Å²) in [6.45, 7) is 4.50. The first-order valence-corrected chi connectivity index (χ1v) is 11.1. The Labute approximate surface area is 160 Å². The maximum Gasteiger partial charge on any atom is 0.243 e. The van der Waals surface area contributed by atoms with Gasteiger partial charge in [0, 0.05) is 45.2 Å². The number of amides is 1. The predicted molar refractivity (Wildman–Crippen MR) is 101 cm³/mol. The van der Waals surface area contributed by atoms with E-state index in [0.717, 1.165) is 26.2 Å². The first-order valence-electron chi connectivity index (χ1n) is 9.63. The molecular weight excluding hydrogens is 366 g/mol. The van der Waals surface area contributed by atoms with Crippen molar-refractivity contribution >= 4 is 15.9 Å². The number of carbonyl (C=O) groups excluding carboxylic acids is 1. The molecule has 8 heteroatoms. The highest BCUT2D eigenvalue weighted by Gasteiger charge is 2.41. The number of likely N-dealkylation sites (tertiary alicyclic amines) is 1. The number of fused-ring (bicyclic) bond motifs is 1. The van der Waals surface area contributed by atoms with Crippen LogP contribution >= 0.6 is 0 Å². The minimum Gasteiger partial charge on any atom is -0.497 e. The Morgan fingerprint density at radius 3 is 2.22 bits per heavy atom. The highest BCUT2D eigenvalue weighted by Crippen LogP contribution is 2.31. The van der Waals surface area contributed by atoms with Crippen LogP contribution in [0.2, 0.25) is 0 Å². The minimum absolute atomic E-state index is 0.0564. The van der Waals surface area contributed by atoms with Gasteiger partial charge in [-0.2, -0.15) is 4.31 Å². The molecule has 0 unspecified atom stereocenters. The second-order valence-electron chi connectivity index (χ2n) is 7.78. The van der Waals surface area contributed by atoms with Crippen LogP contribution in [0, 0.1) is 17.8 Å². The summed E-state index contributed by atoms with van der Waals surface area (Å²) in [6.07, 6.45) is 1.19. The second kappa shape index (κ2) is 7.41. The van der Waals surface area contributed by atoms with Crippen molar-refractivity contribution < 1.29 is 17.9 Å². The van der Waals surface area contributed by atoms with E-state index >= 15 is 0 Å². The Bertz CT molecular complexity index is 776. The minimum atomic E-state index is -3.52. The van der Waals surface area contributed by atoms with Gasteiger partial charge < -0.3 is 15.0 Å². The molecule has 3 saturated heterocycles. The van der Waals surface area contributed by atoms with Crippen LogP contribution in [0.25, 0.3) is 0 Å². The fraction of sp³-hybridized carbons (Fsp3) is 0.632. The summed E-state index contributed by atoms with van der Waals surface area (Å²) in [7, 11) is -1.97. The summed E-state index contributed by atoms with van der Waals surface area (Å²) in [5, 5.41) is 3.39. The standard InChI is InChI=1S/C19H27N3O4S/c1-26-17-2-4-18(5-3-17)27(24,25)22-8-6-14(7-9-22)19(23)21-12-15-10-20-11-16(15)13-21/h2-5,14-16,20H,6-13H2,1H3/t15-,16+. The van der Waals surface area contributed by atoms with Gasteiger partial charge in [0.15, 0.2) is 0 Å². The van der Waals surface area contributed by atoms with Crippen LogP contribution in [0.4, 0.5) is 0 Å². The first kappa shape index (κ1) is 18.7. The zero-order chi connectivity index (χ0) is 19.0. The molecule has 1 aromatic carbocycles. The molecule has 7 nitrogen and oxygen atoms in total. The highest BCUT2D eigenvalue weighted by atomic mass is 32.2. The third-order valence-electron chi connectivity index (χ3n) is 6.20. The Balaban J connectivity index is 1.36. The molecule has 0 bridgehead atoms. The quantitative estimate of drug-likeness (QED) is 0.818. The largest absolute Gasteiger partial charge is 0.497 e. The normalized spacial score (nSPS) is 26.9. The zero-order valence-corrected chi connectivity index (χ0v) is 16.5. The van der Waals surface area contributed by atoms with Gasteiger partial charge in [0.05, 0.1) is 12.0 Å². The number of ether oxygens (including phenoxy) is 1. The third kappa shape index (κ3) is 3.58. The van der Waals surface area contributed by atoms with Crippen molar-refractivity contribution in [3.8, 4) is 5.75 Å². The van der Waals surface area contributed by atoms with Crippen molar-refractivity contribution in [1.29, 1.82) is 0 Å². The molecule has 0 aromatic heterocycles. The number of hydrogen-bond donors (Lipinski definition) is 1. The summed E-state index contributed by atoms with van der Waals surface area (Å²) in [5.74, 6) is 1.96. The van der Waals surface area contributed by atoms with Crippen LogP contribution < -0.4 is 10.1 Å². The summed E-state index contributed by atoms with van der Waals surface area (Å²) in [5.41, 5.74) is 0. The lowest BCUT2D eigenvalue weighted by molar-refractivity contribution is -0.135. The second-order valence-corrected chi connectivity index (χ2v) is 9.71. The maximum atomic E-state index is 12.9. The Morgan fingerprint density at radius 1 is 1.07 bits per heavy atom. The summed E-state index contributed by atoms with van der Waals surface area (Å²) in [6, 6.07) is 6.45. The van der Waals surface area contributed by atoms with Gasteiger partial charge in [0.1, 0.15) is 5.75 Å². The van der Waals surface area contributed by atoms with Gasteiger partial charge in [-0.05, 0) is 48.9 Å². The number of nitrogens with one attached hydrogen (secondary N) is 1. The molecule has 4 rings (SSSR count). The van der Waals surface area contributed by atoms with E-state index in [9.17, 15) is 13.2 Å². The number of carbonyl (C=O) groups is 1. The lowest BCUT2D eigenvalue weighted by atomic mass is 9.96. The molecular formula is C19H27N3O4S. The van der Waals surface area contributed by atoms with E-state index in [1.807, 2.05) is 4.90 Å². The fourth-order valence-corrected chi connectivity index (χ4v) is 6.00. The molecule has 148 valence electrons. The van der Waals surface area contributed by atoms with E-state index in [1.54, 1.807) is 31.4 Å². The molecule has 0 radical (unpaired) electrons. The van der Waals surface area contributed by atoms with E-state index in [4.69, 9.17) is 4.74 Å². The topological polar surface area (TPSA) is 79.0 Å². The molecule has 3 aliphatic rings. The van der Waals surface area contributed by atoms with Crippen LogP contribution in [0.15, 0.2) is 29.2 Å². The third-order valence-corrected chi connectivity index (χ3v) is 8.11. The van der Waals surface area contributed by atoms with Gasteiger partial charge >= 0.3 is 0 Å². The lowest BCUT2D eigenvalue weighted by Crippen LogP contribution is -2.44. The SMILES string of the molecule is COc1ccc(S(=O)(=O)N2CCC(C(=O)N3C[C@H]4CNC[C@H]4C3)CC2)cc1. The van der Waals surface area contributed by atoms with Gasteiger partial charge in [0.25, 0.3) is 0 Å². The number of sulfonamides is 1. The van der Waals surface area contributed by atoms with Gasteiger partial charge in [-0.3, -0.25) is 4.79 Å². The average Bonchev–Trinajstić information content (AvgIpc) is 3.30. The van der Waals surface area contributed by atoms with Crippen molar-refractivity contribution in [2.45, 2.75) is 17.7 Å². The molecule has 1 N–H and O–H groups in total. The molecule has 1 aromatic rings. The number of piperidine rings is 1. The molecule has 3 aliphatic heterocycles. The Morgan fingerprint density at radius 2 is 1.67 bits per heavy atom. The predicted octanol–water partition coefficient (Wildman–Crippen LogP) is 0.774. The van der Waals surface area contributed by atoms with Crippen LogP contribution in [0.3, 0.4) is 0 Å². The smallest absolute Gasteiger partial charge is 0.243 e. The molecule has 3 fully saturated rings. The maximum absolute atomic E-state index is 12.9. The average molecular weight is 394 g/mol. The monoisotopic (exact) mass is 393 g/mol. The zero-order valence-electron chi connectivity index (χ0n) is 15.6. The number of methoxy groups -OCH3 is 1. The van der Waals surface area contributed by atoms with Gasteiger partial charge in [-0.15, -0.1) is 0 Å². The van der Waals surface area contributed by atoms with Gasteiger partial charge in [-0.25, -0.2) is 8.42 Å². The van der Waals surface area contributed by atoms with Crippen LogP contribution in [-0.4, -0.2) is 69.9 Å². The molecule has 0 saturated carbocycles. The van der Waals surface area contributed by atoms with E-state index in [1.165, 1.54) is 4.31 Å². The van der Waals surface area contributed by atoms with Crippen LogP contribution in [0.1, 0.15) is 12.8 Å². The number of nitrogens with zero attached hydrogens (tertiary/aromatic N) is 2. The lowest BCUT2D eigenvalue weighted by Gasteiger charge is -2.32. The number of rotatable bonds is 4. The van der Waals surface area contributed by atoms with Crippen molar-refractivity contribution in [3.05, 3.63) is 24.3 Å². The van der Waals surface area contributed by atoms with Crippen molar-refractivity contribution in [1.82, 2.24) is 14.5 Å². The first-order chi connectivity index (χ1) is 13.0. The number of benzene rings is 1. The molecule has 1 amide bonds. The van der Waals surface area contributed by atoms with Gasteiger partial charge in [0.2, 0.25) is 15.9 Å². The highest BCUT2D eigenvalue weighted by molar-refractivity contribution is 7.89. The Kier molecular flexibility index (Phi) is 5.13. The van der Waals surface area contributed by atoms with Crippen LogP contribution in [-0.2, 0) is 14.8 Å². The fourth-order valence-electron chi connectivity index (χ4n) is 4.53. The van der Waals surface area contributed by atoms with Crippen molar-refractivity contribution in [3.63, 3.8) is 0 Å². The Hall–Kier alpha value is -1.64. The van der Waals surface area contributed by atoms with Crippen LogP contribution in [0.5, 0.6) is 5.75 Å². The summed E-state index contributed by atoms with van der Waals surface area (Å²) >= 11 is 0. The molecule has 27 heavy (non-hydrogen) atoms. The van der Waals surface area contributed by atoms with E-state index in [-0.39, 0.29) is 16.7 Å². The summed E-state index contributed by atoms with van der Waals surface area (Å²) < 4.78 is 32.3.